The van der Waals surface area contributed by atoms with Gasteiger partial charge in [0.05, 0.1) is 0 Å². The lowest BCUT2D eigenvalue weighted by molar-refractivity contribution is 0.0948. The SMILES string of the molecule is O=C(NCCCCCCO)c1cc(=O)c2ccccc2[nH]1. The molecule has 21 heavy (non-hydrogen) atoms. The second-order valence-electron chi connectivity index (χ2n) is 4.99. The highest BCUT2D eigenvalue weighted by Gasteiger charge is 2.08. The molecule has 0 bridgehead atoms. The summed E-state index contributed by atoms with van der Waals surface area (Å²) in [6, 6.07) is 8.47. The lowest BCUT2D eigenvalue weighted by Gasteiger charge is -2.06. The van der Waals surface area contributed by atoms with Gasteiger partial charge in [0.2, 0.25) is 0 Å². The first kappa shape index (κ1) is 15.3. The van der Waals surface area contributed by atoms with Gasteiger partial charge in [-0.25, -0.2) is 0 Å². The smallest absolute Gasteiger partial charge is 0.267 e. The molecule has 3 N–H and O–H groups in total. The Labute approximate surface area is 123 Å². The van der Waals surface area contributed by atoms with E-state index in [2.05, 4.69) is 10.3 Å². The molecule has 1 heterocycles. The summed E-state index contributed by atoms with van der Waals surface area (Å²) in [4.78, 5) is 26.9. The van der Waals surface area contributed by atoms with Crippen LogP contribution in [-0.4, -0.2) is 29.1 Å². The van der Waals surface area contributed by atoms with E-state index in [1.165, 1.54) is 6.07 Å². The number of hydrogen-bond acceptors (Lipinski definition) is 3. The van der Waals surface area contributed by atoms with Crippen LogP contribution in [-0.2, 0) is 0 Å². The van der Waals surface area contributed by atoms with Gasteiger partial charge in [-0.15, -0.1) is 0 Å². The molecule has 2 rings (SSSR count). The van der Waals surface area contributed by atoms with E-state index in [1.54, 1.807) is 18.2 Å². The Morgan fingerprint density at radius 3 is 2.71 bits per heavy atom. The van der Waals surface area contributed by atoms with Crippen LogP contribution in [0, 0.1) is 0 Å². The summed E-state index contributed by atoms with van der Waals surface area (Å²) in [5.41, 5.74) is 0.796. The average molecular weight is 288 g/mol. The summed E-state index contributed by atoms with van der Waals surface area (Å²) < 4.78 is 0. The van der Waals surface area contributed by atoms with Crippen LogP contribution < -0.4 is 10.7 Å². The molecule has 0 aliphatic rings. The quantitative estimate of drug-likeness (QED) is 0.680. The first-order valence-corrected chi connectivity index (χ1v) is 7.23. The van der Waals surface area contributed by atoms with Gasteiger partial charge in [0.1, 0.15) is 5.69 Å². The number of aromatic amines is 1. The number of hydrogen-bond donors (Lipinski definition) is 3. The zero-order chi connectivity index (χ0) is 15.1. The number of rotatable bonds is 7. The van der Waals surface area contributed by atoms with E-state index in [1.807, 2.05) is 6.07 Å². The van der Waals surface area contributed by atoms with E-state index in [9.17, 15) is 9.59 Å². The van der Waals surface area contributed by atoms with Crippen LogP contribution in [0.4, 0.5) is 0 Å². The number of nitrogens with one attached hydrogen (secondary N) is 2. The second kappa shape index (κ2) is 7.59. The van der Waals surface area contributed by atoms with Crippen molar-refractivity contribution in [1.82, 2.24) is 10.3 Å². The number of carbonyl (C=O) groups is 1. The number of aliphatic hydroxyl groups excluding tert-OH is 1. The molecular formula is C16H20N2O3. The normalized spacial score (nSPS) is 10.7. The third kappa shape index (κ3) is 4.16. The van der Waals surface area contributed by atoms with Crippen LogP contribution in [0.1, 0.15) is 36.2 Å². The summed E-state index contributed by atoms with van der Waals surface area (Å²) in [5, 5.41) is 12.0. The van der Waals surface area contributed by atoms with Gasteiger partial charge >= 0.3 is 0 Å². The Balaban J connectivity index is 1.95. The monoisotopic (exact) mass is 288 g/mol. The average Bonchev–Trinajstić information content (AvgIpc) is 2.50. The minimum absolute atomic E-state index is 0.155. The van der Waals surface area contributed by atoms with Gasteiger partial charge in [-0.2, -0.15) is 0 Å². The van der Waals surface area contributed by atoms with Crippen LogP contribution in [0.25, 0.3) is 10.9 Å². The first-order valence-electron chi connectivity index (χ1n) is 7.23. The molecule has 0 unspecified atom stereocenters. The number of fused-ring (bicyclic) bond motifs is 1. The molecule has 0 saturated heterocycles. The molecule has 5 heteroatoms. The number of carbonyl (C=O) groups excluding carboxylic acids is 1. The predicted octanol–water partition coefficient (Wildman–Crippen LogP) is 1.81. The highest BCUT2D eigenvalue weighted by atomic mass is 16.2. The maximum Gasteiger partial charge on any atom is 0.267 e. The van der Waals surface area contributed by atoms with Gasteiger partial charge in [-0.3, -0.25) is 9.59 Å². The molecule has 0 saturated carbocycles. The summed E-state index contributed by atoms with van der Waals surface area (Å²) in [6.45, 7) is 0.782. The molecular weight excluding hydrogens is 268 g/mol. The molecule has 1 amide bonds. The predicted molar refractivity (Wildman–Crippen MR) is 82.5 cm³/mol. The third-order valence-electron chi connectivity index (χ3n) is 3.35. The maximum absolute atomic E-state index is 12.0. The number of aromatic nitrogens is 1. The fourth-order valence-corrected chi connectivity index (χ4v) is 2.21. The van der Waals surface area contributed by atoms with Crippen molar-refractivity contribution < 1.29 is 9.90 Å². The second-order valence-corrected chi connectivity index (χ2v) is 4.99. The molecule has 1 aromatic carbocycles. The molecule has 0 atom stereocenters. The van der Waals surface area contributed by atoms with E-state index in [0.717, 1.165) is 25.7 Å². The Hall–Kier alpha value is -2.14. The van der Waals surface area contributed by atoms with Crippen LogP contribution in [0.2, 0.25) is 0 Å². The third-order valence-corrected chi connectivity index (χ3v) is 3.35. The Morgan fingerprint density at radius 2 is 1.90 bits per heavy atom. The van der Waals surface area contributed by atoms with Crippen molar-refractivity contribution in [3.8, 4) is 0 Å². The van der Waals surface area contributed by atoms with E-state index in [4.69, 9.17) is 5.11 Å². The lowest BCUT2D eigenvalue weighted by Crippen LogP contribution is -2.26. The van der Waals surface area contributed by atoms with Gasteiger partial charge in [0, 0.05) is 30.1 Å². The van der Waals surface area contributed by atoms with Crippen molar-refractivity contribution in [2.75, 3.05) is 13.2 Å². The highest BCUT2D eigenvalue weighted by molar-refractivity contribution is 5.94. The Morgan fingerprint density at radius 1 is 1.14 bits per heavy atom. The van der Waals surface area contributed by atoms with Crippen molar-refractivity contribution in [2.24, 2.45) is 0 Å². The summed E-state index contributed by atoms with van der Waals surface area (Å²) in [5.74, 6) is -0.264. The molecule has 112 valence electrons. The number of unbranched alkanes of at least 4 members (excludes halogenated alkanes) is 3. The molecule has 0 aliphatic heterocycles. The van der Waals surface area contributed by atoms with Gasteiger partial charge in [0.25, 0.3) is 5.91 Å². The molecule has 0 fully saturated rings. The molecule has 1 aromatic heterocycles. The van der Waals surface area contributed by atoms with Crippen molar-refractivity contribution in [2.45, 2.75) is 25.7 Å². The van der Waals surface area contributed by atoms with Gasteiger partial charge in [-0.05, 0) is 25.0 Å². The minimum Gasteiger partial charge on any atom is -0.396 e. The number of benzene rings is 1. The van der Waals surface area contributed by atoms with Gasteiger partial charge in [-0.1, -0.05) is 25.0 Å². The number of amides is 1. The molecule has 2 aromatic rings. The summed E-state index contributed by atoms with van der Waals surface area (Å²) in [7, 11) is 0. The Kier molecular flexibility index (Phi) is 5.51. The number of aliphatic hydroxyl groups is 1. The van der Waals surface area contributed by atoms with E-state index < -0.39 is 0 Å². The van der Waals surface area contributed by atoms with Gasteiger partial charge < -0.3 is 15.4 Å². The Bertz CT molecular complexity index is 664. The molecule has 5 nitrogen and oxygen atoms in total. The topological polar surface area (TPSA) is 82.2 Å². The van der Waals surface area contributed by atoms with E-state index in [0.29, 0.717) is 17.4 Å². The van der Waals surface area contributed by atoms with E-state index in [-0.39, 0.29) is 23.6 Å². The number of pyridine rings is 1. The lowest BCUT2D eigenvalue weighted by atomic mass is 10.2. The van der Waals surface area contributed by atoms with E-state index >= 15 is 0 Å². The standard InChI is InChI=1S/C16H20N2O3/c19-10-6-2-1-5-9-17-16(21)14-11-15(20)12-7-3-4-8-13(12)18-14/h3-4,7-8,11,19H,1-2,5-6,9-10H2,(H,17,21)(H,18,20). The number of para-hydroxylation sites is 1. The van der Waals surface area contributed by atoms with Crippen LogP contribution in [0.3, 0.4) is 0 Å². The highest BCUT2D eigenvalue weighted by Crippen LogP contribution is 2.07. The molecule has 0 aliphatic carbocycles. The zero-order valence-corrected chi connectivity index (χ0v) is 11.9. The van der Waals surface area contributed by atoms with Crippen molar-refractivity contribution in [3.05, 3.63) is 46.2 Å². The molecule has 0 radical (unpaired) electrons. The zero-order valence-electron chi connectivity index (χ0n) is 11.9. The molecule has 0 spiro atoms. The van der Waals surface area contributed by atoms with Crippen LogP contribution >= 0.6 is 0 Å². The van der Waals surface area contributed by atoms with Crippen molar-refractivity contribution in [3.63, 3.8) is 0 Å². The van der Waals surface area contributed by atoms with Gasteiger partial charge in [0.15, 0.2) is 5.43 Å². The van der Waals surface area contributed by atoms with Crippen LogP contribution in [0.15, 0.2) is 35.1 Å². The van der Waals surface area contributed by atoms with Crippen LogP contribution in [0.5, 0.6) is 0 Å². The largest absolute Gasteiger partial charge is 0.396 e. The number of H-pyrrole nitrogens is 1. The summed E-state index contributed by atoms with van der Waals surface area (Å²) in [6.07, 6.45) is 3.59. The summed E-state index contributed by atoms with van der Waals surface area (Å²) >= 11 is 0. The van der Waals surface area contributed by atoms with Crippen molar-refractivity contribution in [1.29, 1.82) is 0 Å². The fraction of sp³-hybridized carbons (Fsp3) is 0.375. The minimum atomic E-state index is -0.264. The van der Waals surface area contributed by atoms with Crippen molar-refractivity contribution >= 4 is 16.8 Å². The first-order chi connectivity index (χ1) is 10.2. The fourth-order valence-electron chi connectivity index (χ4n) is 2.21. The maximum atomic E-state index is 12.0.